The summed E-state index contributed by atoms with van der Waals surface area (Å²) in [7, 11) is 0. The number of aromatic hydroxyl groups is 1. The molecule has 5 nitrogen and oxygen atoms in total. The maximum Gasteiger partial charge on any atom is 0.255 e. The van der Waals surface area contributed by atoms with Crippen molar-refractivity contribution in [1.29, 1.82) is 0 Å². The molecule has 2 aromatic rings. The van der Waals surface area contributed by atoms with E-state index in [2.05, 4.69) is 9.97 Å². The van der Waals surface area contributed by atoms with Crippen LogP contribution in [0.2, 0.25) is 5.02 Å². The fraction of sp³-hybridized carbons (Fsp3) is 0.412. The molecule has 0 saturated carbocycles. The minimum atomic E-state index is -0.494. The van der Waals surface area contributed by atoms with Crippen molar-refractivity contribution in [1.82, 2.24) is 14.9 Å². The zero-order valence-corrected chi connectivity index (χ0v) is 14.3. The predicted molar refractivity (Wildman–Crippen MR) is 89.8 cm³/mol. The molecule has 0 fully saturated rings. The van der Waals surface area contributed by atoms with E-state index in [1.807, 2.05) is 18.7 Å². The van der Waals surface area contributed by atoms with Crippen molar-refractivity contribution in [2.45, 2.75) is 39.3 Å². The van der Waals surface area contributed by atoms with Crippen LogP contribution in [0.3, 0.4) is 0 Å². The van der Waals surface area contributed by atoms with Gasteiger partial charge in [0.2, 0.25) is 0 Å². The number of nitrogens with zero attached hydrogens (tertiary/aromatic N) is 2. The minimum Gasteiger partial charge on any atom is -0.506 e. The first kappa shape index (κ1) is 16.9. The molecule has 128 valence electrons. The van der Waals surface area contributed by atoms with Crippen molar-refractivity contribution >= 4 is 11.6 Å². The van der Waals surface area contributed by atoms with Crippen molar-refractivity contribution in [3.63, 3.8) is 0 Å². The van der Waals surface area contributed by atoms with Crippen LogP contribution < -0.4 is 5.56 Å². The largest absolute Gasteiger partial charge is 0.506 e. The van der Waals surface area contributed by atoms with E-state index in [0.29, 0.717) is 43.0 Å². The molecule has 7 heteroatoms. The highest BCUT2D eigenvalue weighted by Gasteiger charge is 2.23. The molecule has 24 heavy (non-hydrogen) atoms. The smallest absolute Gasteiger partial charge is 0.255 e. The molecule has 0 atom stereocenters. The van der Waals surface area contributed by atoms with E-state index in [-0.39, 0.29) is 22.2 Å². The van der Waals surface area contributed by atoms with Gasteiger partial charge in [0, 0.05) is 37.5 Å². The third kappa shape index (κ3) is 3.30. The second-order valence-corrected chi connectivity index (χ2v) is 6.79. The molecule has 0 unspecified atom stereocenters. The van der Waals surface area contributed by atoms with Crippen LogP contribution in [0.5, 0.6) is 5.75 Å². The summed E-state index contributed by atoms with van der Waals surface area (Å²) in [5.41, 5.74) is 1.73. The summed E-state index contributed by atoms with van der Waals surface area (Å²) in [5.74, 6) is 0.242. The van der Waals surface area contributed by atoms with E-state index >= 15 is 0 Å². The van der Waals surface area contributed by atoms with E-state index < -0.39 is 5.82 Å². The standard InChI is InChI=1S/C17H19ClFN3O2/c1-9(2)16-20-14-3-4-22(8-12(14)17(24)21-16)7-10-5-11(19)6-13(18)15(10)23/h5-6,9,23H,3-4,7-8H2,1-2H3,(H,20,21,24). The maximum absolute atomic E-state index is 13.5. The molecule has 1 aromatic carbocycles. The van der Waals surface area contributed by atoms with Crippen LogP contribution in [0, 0.1) is 5.82 Å². The quantitative estimate of drug-likeness (QED) is 0.892. The van der Waals surface area contributed by atoms with E-state index in [1.54, 1.807) is 0 Å². The number of hydrogen-bond acceptors (Lipinski definition) is 4. The number of aromatic nitrogens is 2. The molecule has 3 rings (SSSR count). The SMILES string of the molecule is CC(C)c1nc2c(c(=O)[nH]1)CN(Cc1cc(F)cc(Cl)c1O)CC2. The lowest BCUT2D eigenvalue weighted by Gasteiger charge is -2.28. The Morgan fingerprint density at radius 3 is 2.92 bits per heavy atom. The lowest BCUT2D eigenvalue weighted by molar-refractivity contribution is 0.238. The van der Waals surface area contributed by atoms with Gasteiger partial charge in [0.15, 0.2) is 0 Å². The zero-order valence-electron chi connectivity index (χ0n) is 13.6. The monoisotopic (exact) mass is 351 g/mol. The first-order chi connectivity index (χ1) is 11.3. The fourth-order valence-electron chi connectivity index (χ4n) is 2.89. The number of aromatic amines is 1. The van der Waals surface area contributed by atoms with Gasteiger partial charge >= 0.3 is 0 Å². The van der Waals surface area contributed by atoms with Crippen LogP contribution >= 0.6 is 11.6 Å². The van der Waals surface area contributed by atoms with Gasteiger partial charge in [-0.15, -0.1) is 0 Å². The number of hydrogen-bond donors (Lipinski definition) is 2. The van der Waals surface area contributed by atoms with Gasteiger partial charge in [-0.1, -0.05) is 25.4 Å². The Morgan fingerprint density at radius 1 is 1.46 bits per heavy atom. The Balaban J connectivity index is 1.85. The second kappa shape index (κ2) is 6.53. The molecular weight excluding hydrogens is 333 g/mol. The highest BCUT2D eigenvalue weighted by molar-refractivity contribution is 6.32. The summed E-state index contributed by atoms with van der Waals surface area (Å²) in [5, 5.41) is 9.98. The number of fused-ring (bicyclic) bond motifs is 1. The van der Waals surface area contributed by atoms with Crippen molar-refractivity contribution < 1.29 is 9.50 Å². The van der Waals surface area contributed by atoms with Crippen molar-refractivity contribution in [2.24, 2.45) is 0 Å². The molecule has 1 aromatic heterocycles. The van der Waals surface area contributed by atoms with Crippen LogP contribution in [0.4, 0.5) is 4.39 Å². The first-order valence-electron chi connectivity index (χ1n) is 7.86. The molecule has 0 radical (unpaired) electrons. The summed E-state index contributed by atoms with van der Waals surface area (Å²) in [6, 6.07) is 2.34. The minimum absolute atomic E-state index is 0.0106. The highest BCUT2D eigenvalue weighted by Crippen LogP contribution is 2.30. The summed E-state index contributed by atoms with van der Waals surface area (Å²) in [4.78, 5) is 21.7. The molecule has 2 N–H and O–H groups in total. The van der Waals surface area contributed by atoms with Crippen molar-refractivity contribution in [2.75, 3.05) is 6.54 Å². The third-order valence-electron chi connectivity index (χ3n) is 4.21. The topological polar surface area (TPSA) is 69.2 Å². The number of phenols is 1. The molecule has 1 aliphatic heterocycles. The van der Waals surface area contributed by atoms with Crippen molar-refractivity contribution in [3.8, 4) is 5.75 Å². The number of rotatable bonds is 3. The van der Waals surface area contributed by atoms with Crippen LogP contribution in [0.15, 0.2) is 16.9 Å². The molecule has 0 saturated heterocycles. The molecule has 0 bridgehead atoms. The van der Waals surface area contributed by atoms with E-state index in [0.717, 1.165) is 11.8 Å². The Bertz CT molecular complexity index is 835. The van der Waals surface area contributed by atoms with E-state index in [9.17, 15) is 14.3 Å². The average Bonchev–Trinajstić information content (AvgIpc) is 2.52. The van der Waals surface area contributed by atoms with E-state index in [4.69, 9.17) is 11.6 Å². The van der Waals surface area contributed by atoms with Gasteiger partial charge in [0.25, 0.3) is 5.56 Å². The van der Waals surface area contributed by atoms with Crippen LogP contribution in [0.1, 0.15) is 42.4 Å². The van der Waals surface area contributed by atoms with Crippen LogP contribution in [0.25, 0.3) is 0 Å². The Hall–Kier alpha value is -1.92. The van der Waals surface area contributed by atoms with Crippen LogP contribution in [-0.4, -0.2) is 26.5 Å². The Kier molecular flexibility index (Phi) is 4.60. The Labute approximate surface area is 144 Å². The highest BCUT2D eigenvalue weighted by atomic mass is 35.5. The Morgan fingerprint density at radius 2 is 2.21 bits per heavy atom. The fourth-order valence-corrected chi connectivity index (χ4v) is 3.11. The molecule has 0 aliphatic carbocycles. The zero-order chi connectivity index (χ0) is 17.4. The van der Waals surface area contributed by atoms with Gasteiger partial charge in [0.1, 0.15) is 17.4 Å². The number of H-pyrrole nitrogens is 1. The molecular formula is C17H19ClFN3O2. The normalized spacial score (nSPS) is 14.9. The summed E-state index contributed by atoms with van der Waals surface area (Å²) in [6.07, 6.45) is 0.642. The number of benzene rings is 1. The number of halogens is 2. The van der Waals surface area contributed by atoms with Gasteiger partial charge in [0.05, 0.1) is 16.3 Å². The second-order valence-electron chi connectivity index (χ2n) is 6.39. The van der Waals surface area contributed by atoms with Gasteiger partial charge < -0.3 is 10.1 Å². The van der Waals surface area contributed by atoms with Crippen LogP contribution in [-0.2, 0) is 19.5 Å². The average molecular weight is 352 g/mol. The van der Waals surface area contributed by atoms with Gasteiger partial charge in [-0.3, -0.25) is 9.69 Å². The maximum atomic E-state index is 13.5. The molecule has 0 spiro atoms. The first-order valence-corrected chi connectivity index (χ1v) is 8.24. The number of phenolic OH excluding ortho intramolecular Hbond substituents is 1. The van der Waals surface area contributed by atoms with E-state index in [1.165, 1.54) is 6.07 Å². The lowest BCUT2D eigenvalue weighted by Crippen LogP contribution is -2.36. The lowest BCUT2D eigenvalue weighted by atomic mass is 10.0. The summed E-state index contributed by atoms with van der Waals surface area (Å²) >= 11 is 5.82. The third-order valence-corrected chi connectivity index (χ3v) is 4.50. The molecule has 2 heterocycles. The molecule has 0 amide bonds. The molecule has 1 aliphatic rings. The van der Waals surface area contributed by atoms with Gasteiger partial charge in [-0.05, 0) is 12.1 Å². The van der Waals surface area contributed by atoms with Gasteiger partial charge in [-0.25, -0.2) is 9.37 Å². The summed E-state index contributed by atoms with van der Waals surface area (Å²) in [6.45, 7) is 5.36. The summed E-state index contributed by atoms with van der Waals surface area (Å²) < 4.78 is 13.5. The van der Waals surface area contributed by atoms with Crippen molar-refractivity contribution in [3.05, 3.63) is 56.0 Å². The number of nitrogens with one attached hydrogen (secondary N) is 1. The predicted octanol–water partition coefficient (Wildman–Crippen LogP) is 2.95. The van der Waals surface area contributed by atoms with Gasteiger partial charge in [-0.2, -0.15) is 0 Å².